The van der Waals surface area contributed by atoms with E-state index in [0.29, 0.717) is 0 Å². The molecule has 0 heterocycles. The average molecular weight is 271 g/mol. The zero-order chi connectivity index (χ0) is 9.19. The van der Waals surface area contributed by atoms with Gasteiger partial charge in [0.25, 0.3) is 0 Å². The summed E-state index contributed by atoms with van der Waals surface area (Å²) in [7, 11) is 0. The molecule has 0 atom stereocenters. The second kappa shape index (κ2) is 3.79. The van der Waals surface area contributed by atoms with Gasteiger partial charge in [-0.3, -0.25) is 0 Å². The second-order valence-electron chi connectivity index (χ2n) is 4.11. The van der Waals surface area contributed by atoms with E-state index in [1.807, 2.05) is 12.1 Å². The molecule has 0 amide bonds. The fraction of sp³-hybridized carbons (Fsp3) is 0.400. The summed E-state index contributed by atoms with van der Waals surface area (Å²) in [6, 6.07) is 8.36. The Morgan fingerprint density at radius 3 is 2.42 bits per heavy atom. The zero-order valence-corrected chi connectivity index (χ0v) is 10.8. The molecule has 1 aromatic carbocycles. The third-order valence-corrected chi connectivity index (χ3v) is 7.81. The Balaban J connectivity index is 3.02. The van der Waals surface area contributed by atoms with E-state index in [1.54, 1.807) is 0 Å². The zero-order valence-electron chi connectivity index (χ0n) is 7.96. The van der Waals surface area contributed by atoms with Crippen molar-refractivity contribution in [2.75, 3.05) is 0 Å². The fourth-order valence-corrected chi connectivity index (χ4v) is 4.60. The quantitative estimate of drug-likeness (QED) is 0.812. The summed E-state index contributed by atoms with van der Waals surface area (Å²) in [5, 5.41) is 8.95. The summed E-state index contributed by atoms with van der Waals surface area (Å²) in [4.78, 5) is 7.14. The first-order valence-electron chi connectivity index (χ1n) is 4.24. The van der Waals surface area contributed by atoms with Gasteiger partial charge >= 0.3 is 78.3 Å². The molecule has 0 saturated heterocycles. The third-order valence-electron chi connectivity index (χ3n) is 1.98. The minimum absolute atomic E-state index is 0.162. The van der Waals surface area contributed by atoms with Crippen LogP contribution < -0.4 is 3.58 Å². The first-order valence-corrected chi connectivity index (χ1v) is 14.2. The van der Waals surface area contributed by atoms with Crippen LogP contribution in [0.5, 0.6) is 0 Å². The number of aliphatic hydroxyl groups is 1. The Kier molecular flexibility index (Phi) is 3.18. The van der Waals surface area contributed by atoms with Gasteiger partial charge in [-0.1, -0.05) is 0 Å². The molecule has 0 radical (unpaired) electrons. The third kappa shape index (κ3) is 2.49. The number of hydrogen-bond acceptors (Lipinski definition) is 1. The Morgan fingerprint density at radius 1 is 1.25 bits per heavy atom. The van der Waals surface area contributed by atoms with Crippen LogP contribution in [0.4, 0.5) is 0 Å². The predicted octanol–water partition coefficient (Wildman–Crippen LogP) is 1.72. The van der Waals surface area contributed by atoms with E-state index in [-0.39, 0.29) is 6.61 Å². The minimum atomic E-state index is -1.89. The van der Waals surface area contributed by atoms with E-state index in [0.717, 1.165) is 5.56 Å². The molecule has 1 N–H and O–H groups in total. The molecule has 0 spiro atoms. The van der Waals surface area contributed by atoms with Crippen molar-refractivity contribution in [3.05, 3.63) is 29.8 Å². The monoisotopic (exact) mass is 272 g/mol. The van der Waals surface area contributed by atoms with Gasteiger partial charge in [-0.2, -0.15) is 0 Å². The van der Waals surface area contributed by atoms with Crippen LogP contribution in [0.15, 0.2) is 24.3 Å². The van der Waals surface area contributed by atoms with Gasteiger partial charge in [0.1, 0.15) is 0 Å². The van der Waals surface area contributed by atoms with Crippen LogP contribution in [-0.4, -0.2) is 23.5 Å². The molecule has 0 aromatic heterocycles. The van der Waals surface area contributed by atoms with E-state index in [2.05, 4.69) is 27.0 Å². The number of rotatable bonds is 2. The van der Waals surface area contributed by atoms with Gasteiger partial charge in [0.15, 0.2) is 0 Å². The van der Waals surface area contributed by atoms with Crippen molar-refractivity contribution in [3.63, 3.8) is 0 Å². The van der Waals surface area contributed by atoms with Crippen molar-refractivity contribution < 1.29 is 5.11 Å². The summed E-state index contributed by atoms with van der Waals surface area (Å²) in [5.74, 6) is 0. The van der Waals surface area contributed by atoms with E-state index >= 15 is 0 Å². The molecule has 0 aliphatic heterocycles. The van der Waals surface area contributed by atoms with Crippen molar-refractivity contribution in [2.24, 2.45) is 0 Å². The molecule has 12 heavy (non-hydrogen) atoms. The van der Waals surface area contributed by atoms with Crippen molar-refractivity contribution >= 4 is 22.0 Å². The van der Waals surface area contributed by atoms with Crippen molar-refractivity contribution in [1.29, 1.82) is 0 Å². The van der Waals surface area contributed by atoms with Gasteiger partial charge < -0.3 is 0 Å². The molecular weight excluding hydrogens is 255 g/mol. The first-order chi connectivity index (χ1) is 5.54. The van der Waals surface area contributed by atoms with Gasteiger partial charge in [-0.25, -0.2) is 0 Å². The molecule has 0 saturated carbocycles. The van der Waals surface area contributed by atoms with Crippen molar-refractivity contribution in [3.8, 4) is 0 Å². The van der Waals surface area contributed by atoms with Gasteiger partial charge in [-0.15, -0.1) is 0 Å². The number of hydrogen-bond donors (Lipinski definition) is 1. The van der Waals surface area contributed by atoms with E-state index < -0.39 is 18.4 Å². The number of benzene rings is 1. The Bertz CT molecular complexity index is 263. The molecule has 1 aromatic rings. The van der Waals surface area contributed by atoms with Crippen LogP contribution >= 0.6 is 0 Å². The summed E-state index contributed by atoms with van der Waals surface area (Å²) >= 11 is -1.89. The van der Waals surface area contributed by atoms with Crippen LogP contribution in [0.1, 0.15) is 5.56 Å². The molecule has 0 fully saturated rings. The molecule has 1 nitrogen and oxygen atoms in total. The maximum absolute atomic E-state index is 8.95. The van der Waals surface area contributed by atoms with Crippen molar-refractivity contribution in [2.45, 2.75) is 21.4 Å². The van der Waals surface area contributed by atoms with Crippen LogP contribution in [0.2, 0.25) is 14.8 Å². The van der Waals surface area contributed by atoms with Crippen LogP contribution in [0, 0.1) is 0 Å². The normalized spacial score (nSPS) is 11.7. The summed E-state index contributed by atoms with van der Waals surface area (Å²) in [6.45, 7) is 0.162. The van der Waals surface area contributed by atoms with Gasteiger partial charge in [0.05, 0.1) is 0 Å². The predicted molar refractivity (Wildman–Crippen MR) is 55.3 cm³/mol. The molecular formula is C10H16OSn. The Hall–Kier alpha value is -0.0213. The number of aliphatic hydroxyl groups excluding tert-OH is 1. The van der Waals surface area contributed by atoms with Crippen LogP contribution in [0.3, 0.4) is 0 Å². The van der Waals surface area contributed by atoms with Crippen LogP contribution in [-0.2, 0) is 6.61 Å². The fourth-order valence-electron chi connectivity index (χ4n) is 1.14. The molecule has 2 heteroatoms. The standard InChI is InChI=1S/C7H7O.3CH3.Sn/c8-6-7-4-2-1-3-5-7;;;;/h1-2,4-5,8H,6H2;3*1H3;. The molecule has 0 aliphatic carbocycles. The topological polar surface area (TPSA) is 20.2 Å². The molecule has 0 bridgehead atoms. The van der Waals surface area contributed by atoms with E-state index in [9.17, 15) is 0 Å². The summed E-state index contributed by atoms with van der Waals surface area (Å²) < 4.78 is 1.48. The molecule has 1 rings (SSSR count). The van der Waals surface area contributed by atoms with E-state index in [1.165, 1.54) is 3.58 Å². The summed E-state index contributed by atoms with van der Waals surface area (Å²) in [5.41, 5.74) is 1.04. The van der Waals surface area contributed by atoms with Crippen LogP contribution in [0.25, 0.3) is 0 Å². The van der Waals surface area contributed by atoms with Gasteiger partial charge in [0.2, 0.25) is 0 Å². The molecule has 0 aliphatic rings. The SMILES string of the molecule is [CH3][Sn]([CH3])([CH3])[c]1cccc(CO)c1. The first kappa shape index (κ1) is 10.1. The average Bonchev–Trinajstić information content (AvgIpc) is 2.03. The molecule has 66 valence electrons. The Labute approximate surface area is 78.3 Å². The van der Waals surface area contributed by atoms with Gasteiger partial charge in [-0.05, 0) is 0 Å². The summed E-state index contributed by atoms with van der Waals surface area (Å²) in [6.07, 6.45) is 0. The molecule has 0 unspecified atom stereocenters. The Morgan fingerprint density at radius 2 is 1.92 bits per heavy atom. The van der Waals surface area contributed by atoms with Gasteiger partial charge in [0, 0.05) is 0 Å². The van der Waals surface area contributed by atoms with Crippen molar-refractivity contribution in [1.82, 2.24) is 0 Å². The second-order valence-corrected chi connectivity index (χ2v) is 18.6. The van der Waals surface area contributed by atoms with E-state index in [4.69, 9.17) is 5.11 Å². The maximum atomic E-state index is 8.95.